The lowest BCUT2D eigenvalue weighted by molar-refractivity contribution is -0.148. The van der Waals surface area contributed by atoms with Crippen molar-refractivity contribution in [2.24, 2.45) is 11.8 Å². The summed E-state index contributed by atoms with van der Waals surface area (Å²) in [5.74, 6) is 0.446. The summed E-state index contributed by atoms with van der Waals surface area (Å²) >= 11 is 0. The fraction of sp³-hybridized carbons (Fsp3) is 0.727. The second kappa shape index (κ2) is 5.79. The largest absolute Gasteiger partial charge is 0.459 e. The number of esters is 1. The molecule has 0 spiro atoms. The first kappa shape index (κ1) is 12.2. The monoisotopic (exact) mass is 184 g/mol. The van der Waals surface area contributed by atoms with Gasteiger partial charge in [-0.1, -0.05) is 40.7 Å². The van der Waals surface area contributed by atoms with E-state index < -0.39 is 0 Å². The third-order valence-electron chi connectivity index (χ3n) is 2.28. The first-order chi connectivity index (χ1) is 6.02. The fourth-order valence-corrected chi connectivity index (χ4v) is 1.32. The summed E-state index contributed by atoms with van der Waals surface area (Å²) in [4.78, 5) is 11.0. The van der Waals surface area contributed by atoms with Gasteiger partial charge >= 0.3 is 5.97 Å². The number of ether oxygens (including phenoxy) is 1. The predicted molar refractivity (Wildman–Crippen MR) is 54.4 cm³/mol. The zero-order valence-corrected chi connectivity index (χ0v) is 9.04. The van der Waals surface area contributed by atoms with Crippen LogP contribution in [-0.2, 0) is 9.53 Å². The van der Waals surface area contributed by atoms with E-state index in [-0.39, 0.29) is 12.1 Å². The van der Waals surface area contributed by atoms with Crippen LogP contribution in [0.15, 0.2) is 12.7 Å². The molecule has 2 nitrogen and oxygen atoms in total. The van der Waals surface area contributed by atoms with Crippen LogP contribution in [0, 0.1) is 11.8 Å². The summed E-state index contributed by atoms with van der Waals surface area (Å²) in [5.41, 5.74) is 0. The lowest BCUT2D eigenvalue weighted by atomic mass is 9.93. The van der Waals surface area contributed by atoms with Crippen LogP contribution >= 0.6 is 0 Å². The third kappa shape index (κ3) is 4.11. The van der Waals surface area contributed by atoms with Crippen molar-refractivity contribution in [1.29, 1.82) is 0 Å². The van der Waals surface area contributed by atoms with E-state index in [0.717, 1.165) is 6.42 Å². The Morgan fingerprint density at radius 2 is 2.00 bits per heavy atom. The second-order valence-corrected chi connectivity index (χ2v) is 3.74. The summed E-state index contributed by atoms with van der Waals surface area (Å²) in [6.07, 6.45) is 2.25. The molecule has 0 aliphatic heterocycles. The van der Waals surface area contributed by atoms with Crippen LogP contribution in [0.3, 0.4) is 0 Å². The Balaban J connectivity index is 4.25. The highest BCUT2D eigenvalue weighted by Gasteiger charge is 2.22. The molecule has 0 fully saturated rings. The highest BCUT2D eigenvalue weighted by Crippen LogP contribution is 2.19. The Bertz CT molecular complexity index is 173. The van der Waals surface area contributed by atoms with Crippen LogP contribution in [0.1, 0.15) is 34.1 Å². The van der Waals surface area contributed by atoms with Crippen molar-refractivity contribution in [2.45, 2.75) is 40.2 Å². The topological polar surface area (TPSA) is 26.3 Å². The second-order valence-electron chi connectivity index (χ2n) is 3.74. The van der Waals surface area contributed by atoms with Crippen LogP contribution in [0.5, 0.6) is 0 Å². The van der Waals surface area contributed by atoms with Crippen LogP contribution in [0.4, 0.5) is 0 Å². The first-order valence-corrected chi connectivity index (χ1v) is 4.85. The third-order valence-corrected chi connectivity index (χ3v) is 2.28. The molecule has 13 heavy (non-hydrogen) atoms. The van der Waals surface area contributed by atoms with Gasteiger partial charge in [0.2, 0.25) is 0 Å². The van der Waals surface area contributed by atoms with Gasteiger partial charge in [0, 0.05) is 6.08 Å². The molecule has 0 N–H and O–H groups in total. The molecule has 0 aliphatic rings. The SMILES string of the molecule is C=CC(=O)OC(C(C)C)C(C)CC. The number of hydrogen-bond acceptors (Lipinski definition) is 2. The predicted octanol–water partition coefficient (Wildman–Crippen LogP) is 2.79. The fourth-order valence-electron chi connectivity index (χ4n) is 1.32. The molecule has 0 saturated heterocycles. The van der Waals surface area contributed by atoms with Crippen molar-refractivity contribution < 1.29 is 9.53 Å². The molecule has 0 aliphatic carbocycles. The summed E-state index contributed by atoms with van der Waals surface area (Å²) in [6.45, 7) is 11.7. The minimum Gasteiger partial charge on any atom is -0.459 e. The summed E-state index contributed by atoms with van der Waals surface area (Å²) in [5, 5.41) is 0. The summed E-state index contributed by atoms with van der Waals surface area (Å²) in [6, 6.07) is 0. The Hall–Kier alpha value is -0.790. The van der Waals surface area contributed by atoms with Crippen molar-refractivity contribution >= 4 is 5.97 Å². The minimum absolute atomic E-state index is 0.00972. The molecule has 2 atom stereocenters. The van der Waals surface area contributed by atoms with Gasteiger partial charge in [-0.25, -0.2) is 4.79 Å². The zero-order chi connectivity index (χ0) is 10.4. The summed E-state index contributed by atoms with van der Waals surface area (Å²) < 4.78 is 5.26. The minimum atomic E-state index is -0.320. The Kier molecular flexibility index (Phi) is 5.44. The molecule has 0 aromatic rings. The smallest absolute Gasteiger partial charge is 0.330 e. The molecule has 0 radical (unpaired) electrons. The van der Waals surface area contributed by atoms with Crippen molar-refractivity contribution in [3.8, 4) is 0 Å². The normalized spacial score (nSPS) is 15.2. The molecule has 0 rings (SSSR count). The lowest BCUT2D eigenvalue weighted by Crippen LogP contribution is -2.29. The average molecular weight is 184 g/mol. The van der Waals surface area contributed by atoms with Gasteiger partial charge in [0.15, 0.2) is 0 Å². The molecule has 0 bridgehead atoms. The quantitative estimate of drug-likeness (QED) is 0.485. The van der Waals surface area contributed by atoms with Gasteiger partial charge < -0.3 is 4.74 Å². The molecule has 0 heterocycles. The number of rotatable bonds is 5. The van der Waals surface area contributed by atoms with E-state index in [1.807, 2.05) is 0 Å². The summed E-state index contributed by atoms with van der Waals surface area (Å²) in [7, 11) is 0. The van der Waals surface area contributed by atoms with Gasteiger partial charge in [-0.05, 0) is 11.8 Å². The van der Waals surface area contributed by atoms with E-state index in [9.17, 15) is 4.79 Å². The molecular weight excluding hydrogens is 164 g/mol. The zero-order valence-electron chi connectivity index (χ0n) is 9.04. The first-order valence-electron chi connectivity index (χ1n) is 4.85. The van der Waals surface area contributed by atoms with Crippen LogP contribution < -0.4 is 0 Å². The Morgan fingerprint density at radius 3 is 2.31 bits per heavy atom. The Morgan fingerprint density at radius 1 is 1.46 bits per heavy atom. The lowest BCUT2D eigenvalue weighted by Gasteiger charge is -2.25. The molecule has 2 heteroatoms. The van der Waals surface area contributed by atoms with Crippen molar-refractivity contribution in [2.75, 3.05) is 0 Å². The van der Waals surface area contributed by atoms with E-state index in [1.54, 1.807) is 0 Å². The van der Waals surface area contributed by atoms with E-state index in [1.165, 1.54) is 6.08 Å². The molecule has 0 amide bonds. The molecule has 0 saturated carbocycles. The van der Waals surface area contributed by atoms with Crippen LogP contribution in [0.2, 0.25) is 0 Å². The number of hydrogen-bond donors (Lipinski definition) is 0. The maximum absolute atomic E-state index is 11.0. The van der Waals surface area contributed by atoms with Crippen LogP contribution in [0.25, 0.3) is 0 Å². The molecular formula is C11H20O2. The van der Waals surface area contributed by atoms with Gasteiger partial charge in [-0.15, -0.1) is 0 Å². The average Bonchev–Trinajstić information content (AvgIpc) is 2.11. The van der Waals surface area contributed by atoms with E-state index in [0.29, 0.717) is 11.8 Å². The van der Waals surface area contributed by atoms with E-state index in [2.05, 4.69) is 34.3 Å². The van der Waals surface area contributed by atoms with Gasteiger partial charge in [0.1, 0.15) is 6.10 Å². The standard InChI is InChI=1S/C11H20O2/c1-6-9(5)11(8(3)4)13-10(12)7-2/h7-9,11H,2,6H2,1,3-5H3. The molecule has 2 unspecified atom stereocenters. The van der Waals surface area contributed by atoms with Crippen molar-refractivity contribution in [3.63, 3.8) is 0 Å². The van der Waals surface area contributed by atoms with Crippen LogP contribution in [-0.4, -0.2) is 12.1 Å². The number of carbonyl (C=O) groups is 1. The van der Waals surface area contributed by atoms with Gasteiger partial charge in [0.05, 0.1) is 0 Å². The van der Waals surface area contributed by atoms with Gasteiger partial charge in [0.25, 0.3) is 0 Å². The van der Waals surface area contributed by atoms with Crippen molar-refractivity contribution in [1.82, 2.24) is 0 Å². The Labute approximate surface area is 81.0 Å². The maximum Gasteiger partial charge on any atom is 0.330 e. The molecule has 0 aromatic heterocycles. The molecule has 0 aromatic carbocycles. The van der Waals surface area contributed by atoms with E-state index >= 15 is 0 Å². The van der Waals surface area contributed by atoms with Crippen molar-refractivity contribution in [3.05, 3.63) is 12.7 Å². The molecule has 76 valence electrons. The number of carbonyl (C=O) groups excluding carboxylic acids is 1. The van der Waals surface area contributed by atoms with E-state index in [4.69, 9.17) is 4.74 Å². The van der Waals surface area contributed by atoms with Gasteiger partial charge in [-0.2, -0.15) is 0 Å². The highest BCUT2D eigenvalue weighted by molar-refractivity contribution is 5.81. The van der Waals surface area contributed by atoms with Gasteiger partial charge in [-0.3, -0.25) is 0 Å². The highest BCUT2D eigenvalue weighted by atomic mass is 16.5. The maximum atomic E-state index is 11.0.